The highest BCUT2D eigenvalue weighted by atomic mass is 32.1. The van der Waals surface area contributed by atoms with Crippen molar-refractivity contribution in [2.75, 3.05) is 5.75 Å². The smallest absolute Gasteiger partial charge is 0.458 e. The van der Waals surface area contributed by atoms with Gasteiger partial charge in [-0.05, 0) is 30.5 Å². The van der Waals surface area contributed by atoms with Gasteiger partial charge in [-0.2, -0.15) is 0 Å². The molecule has 2 aromatic carbocycles. The summed E-state index contributed by atoms with van der Waals surface area (Å²) in [5.41, 5.74) is 4.02. The van der Waals surface area contributed by atoms with Crippen molar-refractivity contribution in [1.29, 1.82) is 0 Å². The summed E-state index contributed by atoms with van der Waals surface area (Å²) in [6.07, 6.45) is 2.91. The van der Waals surface area contributed by atoms with E-state index >= 15 is 0 Å². The first-order valence-electron chi connectivity index (χ1n) is 10.4. The molecule has 3 aliphatic heterocycles. The summed E-state index contributed by atoms with van der Waals surface area (Å²) < 4.78 is 11.1. The van der Waals surface area contributed by atoms with E-state index in [-0.39, 0.29) is 11.7 Å². The lowest BCUT2D eigenvalue weighted by molar-refractivity contribution is -0.491. The van der Waals surface area contributed by atoms with Crippen molar-refractivity contribution in [3.8, 4) is 0 Å². The quantitative estimate of drug-likeness (QED) is 0.544. The average molecular weight is 433 g/mol. The van der Waals surface area contributed by atoms with Crippen LogP contribution < -0.4 is 21.0 Å². The Kier molecular flexibility index (Phi) is 5.00. The molecule has 0 aliphatic carbocycles. The number of Topliss-reactive ketones (excluding diaryl/α,β-unsaturated/α-hetero) is 1. The lowest BCUT2D eigenvalue weighted by Gasteiger charge is -2.45. The van der Waals surface area contributed by atoms with E-state index in [1.54, 1.807) is 11.0 Å². The highest BCUT2D eigenvalue weighted by molar-refractivity contribution is 7.65. The lowest BCUT2D eigenvalue weighted by Crippen LogP contribution is -2.69. The standard InChI is InChI=1S/C24H21N3O3S/c1-14-16(10-11-31-30)22(28)21(12-15-13-25-19-8-4-2-6-17(15)19)27-23(14)26-20-9-5-3-7-18(20)24(27)29/h2-9,13,16,21,25H,10-12H2,1H3/p+1/t16?,21-/m1/s1. The number of carbonyl (C=O) groups excluding carboxylic acids is 1. The number of rotatable bonds is 5. The summed E-state index contributed by atoms with van der Waals surface area (Å²) in [4.78, 5) is 20.0. The van der Waals surface area contributed by atoms with E-state index in [4.69, 9.17) is 4.99 Å². The Hall–Kier alpha value is -3.16. The maximum Gasteiger partial charge on any atom is 0.458 e. The van der Waals surface area contributed by atoms with Crippen LogP contribution in [0.2, 0.25) is 0 Å². The van der Waals surface area contributed by atoms with E-state index in [0.717, 1.165) is 22.4 Å². The molecule has 0 radical (unpaired) electrons. The number of quaternary nitrogens is 1. The molecule has 0 saturated heterocycles. The molecule has 2 aromatic rings. The summed E-state index contributed by atoms with van der Waals surface area (Å²) >= 11 is 0.490. The third-order valence-corrected chi connectivity index (χ3v) is 6.74. The van der Waals surface area contributed by atoms with Gasteiger partial charge < -0.3 is 10.0 Å². The van der Waals surface area contributed by atoms with Crippen molar-refractivity contribution in [2.45, 2.75) is 25.8 Å². The molecule has 156 valence electrons. The van der Waals surface area contributed by atoms with Crippen LogP contribution >= 0.6 is 0 Å². The van der Waals surface area contributed by atoms with Crippen molar-refractivity contribution >= 4 is 34.6 Å². The van der Waals surface area contributed by atoms with Crippen LogP contribution in [0.3, 0.4) is 0 Å². The fourth-order valence-corrected chi connectivity index (χ4v) is 5.09. The molecular formula is C24H22N3O3S+. The predicted molar refractivity (Wildman–Crippen MR) is 116 cm³/mol. The molecule has 3 aliphatic rings. The van der Waals surface area contributed by atoms with E-state index in [9.17, 15) is 14.1 Å². The number of fused-ring (bicyclic) bond motifs is 3. The topological polar surface area (TPSA) is 89.4 Å². The summed E-state index contributed by atoms with van der Waals surface area (Å²) in [6, 6.07) is 14.7. The third kappa shape index (κ3) is 3.21. The Balaban J connectivity index is 1.63. The van der Waals surface area contributed by atoms with Crippen molar-refractivity contribution in [3.63, 3.8) is 0 Å². The number of allylic oxidation sites excluding steroid dienone is 1. The zero-order chi connectivity index (χ0) is 21.5. The van der Waals surface area contributed by atoms with E-state index in [2.05, 4.69) is 0 Å². The Morgan fingerprint density at radius 3 is 2.77 bits per heavy atom. The van der Waals surface area contributed by atoms with Crippen LogP contribution in [0, 0.1) is 5.92 Å². The molecule has 0 amide bonds. The second-order valence-electron chi connectivity index (χ2n) is 8.04. The highest BCUT2D eigenvalue weighted by Crippen LogP contribution is 2.38. The van der Waals surface area contributed by atoms with Crippen LogP contribution in [-0.2, 0) is 20.7 Å². The number of hydrogen-bond acceptors (Lipinski definition) is 5. The van der Waals surface area contributed by atoms with Gasteiger partial charge in [-0.25, -0.2) is 4.99 Å². The normalized spacial score (nSPS) is 21.8. The van der Waals surface area contributed by atoms with Gasteiger partial charge in [0.1, 0.15) is 17.7 Å². The molecule has 0 saturated carbocycles. The number of nitrogens with two attached hydrogens (primary N) is 1. The zero-order valence-corrected chi connectivity index (χ0v) is 17.9. The van der Waals surface area contributed by atoms with Crippen molar-refractivity contribution in [3.05, 3.63) is 82.3 Å². The molecule has 0 bridgehead atoms. The fourth-order valence-electron chi connectivity index (χ4n) is 4.76. The first kappa shape index (κ1) is 19.8. The number of carbonyl (C=O) groups is 1. The average Bonchev–Trinajstić information content (AvgIpc) is 3.20. The molecule has 7 heteroatoms. The lowest BCUT2D eigenvalue weighted by atomic mass is 9.81. The SMILES string of the molecule is CC1=C2N=c3ccccc3=C([O-])N2[C@H](CC2=C[NH2+]c3ccccc32)C(=O)C1CC[S+]=O. The number of hydrogen-bond donors (Lipinski definition) is 1. The van der Waals surface area contributed by atoms with Crippen molar-refractivity contribution in [1.82, 2.24) is 4.90 Å². The van der Waals surface area contributed by atoms with Gasteiger partial charge in [-0.15, -0.1) is 0 Å². The molecule has 0 aromatic heterocycles. The van der Waals surface area contributed by atoms with E-state index in [1.165, 1.54) is 0 Å². The van der Waals surface area contributed by atoms with E-state index in [1.807, 2.05) is 60.9 Å². The number of benzene rings is 2. The zero-order valence-electron chi connectivity index (χ0n) is 17.1. The predicted octanol–water partition coefficient (Wildman–Crippen LogP) is 0.305. The van der Waals surface area contributed by atoms with Crippen molar-refractivity contribution < 1.29 is 19.4 Å². The van der Waals surface area contributed by atoms with E-state index < -0.39 is 12.0 Å². The third-order valence-electron chi connectivity index (χ3n) is 6.34. The summed E-state index contributed by atoms with van der Waals surface area (Å²) in [6.45, 7) is 1.86. The minimum Gasteiger partial charge on any atom is -0.860 e. The van der Waals surface area contributed by atoms with Gasteiger partial charge in [0.2, 0.25) is 5.75 Å². The van der Waals surface area contributed by atoms with Crippen LogP contribution in [-0.4, -0.2) is 22.5 Å². The molecule has 6 nitrogen and oxygen atoms in total. The summed E-state index contributed by atoms with van der Waals surface area (Å²) in [5.74, 6) is 0.303. The molecule has 0 fully saturated rings. The summed E-state index contributed by atoms with van der Waals surface area (Å²) in [7, 11) is 0. The Bertz CT molecular complexity index is 1280. The number of ketones is 1. The minimum atomic E-state index is -0.643. The van der Waals surface area contributed by atoms with E-state index in [0.29, 0.717) is 46.7 Å². The van der Waals surface area contributed by atoms with Crippen molar-refractivity contribution in [2.24, 2.45) is 10.9 Å². The largest absolute Gasteiger partial charge is 0.860 e. The molecule has 31 heavy (non-hydrogen) atoms. The highest BCUT2D eigenvalue weighted by Gasteiger charge is 2.42. The summed E-state index contributed by atoms with van der Waals surface area (Å²) in [5, 5.41) is 16.7. The molecule has 5 rings (SSSR count). The fraction of sp³-hybridized carbons (Fsp3) is 0.250. The van der Waals surface area contributed by atoms with Gasteiger partial charge in [0.15, 0.2) is 5.78 Å². The number of nitrogens with zero attached hydrogens (tertiary/aromatic N) is 2. The Morgan fingerprint density at radius 1 is 1.16 bits per heavy atom. The molecule has 0 spiro atoms. The van der Waals surface area contributed by atoms with Gasteiger partial charge in [-0.3, -0.25) is 10.1 Å². The van der Waals surface area contributed by atoms with Gasteiger partial charge in [0.25, 0.3) is 0 Å². The number of para-hydroxylation sites is 2. The second-order valence-corrected chi connectivity index (χ2v) is 8.69. The maximum absolute atomic E-state index is 13.6. The van der Waals surface area contributed by atoms with Gasteiger partial charge in [0.05, 0.1) is 11.4 Å². The first-order valence-corrected chi connectivity index (χ1v) is 11.3. The van der Waals surface area contributed by atoms with Gasteiger partial charge >= 0.3 is 11.7 Å². The van der Waals surface area contributed by atoms with Crippen LogP contribution in [0.15, 0.2) is 71.1 Å². The Labute approximate surface area is 183 Å². The molecule has 1 unspecified atom stereocenters. The minimum absolute atomic E-state index is 0.0106. The van der Waals surface area contributed by atoms with Crippen LogP contribution in [0.5, 0.6) is 0 Å². The molecular weight excluding hydrogens is 410 g/mol. The van der Waals surface area contributed by atoms with Gasteiger partial charge in [0, 0.05) is 45.4 Å². The monoisotopic (exact) mass is 432 g/mol. The van der Waals surface area contributed by atoms with Crippen LogP contribution in [0.4, 0.5) is 5.69 Å². The Morgan fingerprint density at radius 2 is 1.94 bits per heavy atom. The van der Waals surface area contributed by atoms with Crippen LogP contribution in [0.1, 0.15) is 25.3 Å². The maximum atomic E-state index is 13.6. The molecule has 2 atom stereocenters. The van der Waals surface area contributed by atoms with Gasteiger partial charge in [-0.1, -0.05) is 30.3 Å². The first-order chi connectivity index (χ1) is 15.1. The second kappa shape index (κ2) is 7.83. The van der Waals surface area contributed by atoms with Crippen LogP contribution in [0.25, 0.3) is 11.5 Å². The molecule has 3 heterocycles. The molecule has 2 N–H and O–H groups in total.